The van der Waals surface area contributed by atoms with E-state index in [9.17, 15) is 0 Å². The van der Waals surface area contributed by atoms with Crippen LogP contribution in [-0.4, -0.2) is 21.3 Å². The standard InChI is InChI=1S/C15H22N4S/c1-4-10-16-14(5-2)12-6-8-13(9-7-12)20-15-17-11-18-19(15)3/h6-9,11,14,16H,4-5,10H2,1-3H3. The fraction of sp³-hybridized carbons (Fsp3) is 0.467. The van der Waals surface area contributed by atoms with Crippen molar-refractivity contribution in [2.75, 3.05) is 6.54 Å². The van der Waals surface area contributed by atoms with E-state index in [2.05, 4.69) is 53.5 Å². The molecule has 0 radical (unpaired) electrons. The fourth-order valence-electron chi connectivity index (χ4n) is 2.07. The van der Waals surface area contributed by atoms with Gasteiger partial charge in [0.25, 0.3) is 0 Å². The van der Waals surface area contributed by atoms with E-state index in [0.717, 1.165) is 24.5 Å². The molecule has 108 valence electrons. The van der Waals surface area contributed by atoms with E-state index in [-0.39, 0.29) is 0 Å². The van der Waals surface area contributed by atoms with Gasteiger partial charge in [0.15, 0.2) is 5.16 Å². The van der Waals surface area contributed by atoms with Gasteiger partial charge in [-0.15, -0.1) is 0 Å². The zero-order valence-electron chi connectivity index (χ0n) is 12.3. The third kappa shape index (κ3) is 3.84. The van der Waals surface area contributed by atoms with Gasteiger partial charge in [-0.1, -0.05) is 37.7 Å². The maximum absolute atomic E-state index is 4.23. The van der Waals surface area contributed by atoms with E-state index in [4.69, 9.17) is 0 Å². The van der Waals surface area contributed by atoms with Crippen LogP contribution in [0.1, 0.15) is 38.3 Å². The zero-order chi connectivity index (χ0) is 14.4. The lowest BCUT2D eigenvalue weighted by atomic mass is 10.0. The number of rotatable bonds is 7. The summed E-state index contributed by atoms with van der Waals surface area (Å²) in [6, 6.07) is 9.17. The van der Waals surface area contributed by atoms with Gasteiger partial charge in [0.2, 0.25) is 0 Å². The van der Waals surface area contributed by atoms with Gasteiger partial charge >= 0.3 is 0 Å². The monoisotopic (exact) mass is 290 g/mol. The summed E-state index contributed by atoms with van der Waals surface area (Å²) in [5, 5.41) is 8.57. The number of aromatic nitrogens is 3. The van der Waals surface area contributed by atoms with Gasteiger partial charge in [0.05, 0.1) is 0 Å². The van der Waals surface area contributed by atoms with Crippen molar-refractivity contribution in [2.45, 2.75) is 42.8 Å². The quantitative estimate of drug-likeness (QED) is 0.848. The van der Waals surface area contributed by atoms with Crippen LogP contribution in [0.3, 0.4) is 0 Å². The Kier molecular flexibility index (Phi) is 5.61. The van der Waals surface area contributed by atoms with Crippen molar-refractivity contribution in [2.24, 2.45) is 7.05 Å². The molecule has 1 unspecified atom stereocenters. The molecule has 5 heteroatoms. The summed E-state index contributed by atoms with van der Waals surface area (Å²) in [4.78, 5) is 5.42. The highest BCUT2D eigenvalue weighted by Crippen LogP contribution is 2.27. The first-order valence-corrected chi connectivity index (χ1v) is 7.91. The third-order valence-corrected chi connectivity index (χ3v) is 4.27. The lowest BCUT2D eigenvalue weighted by molar-refractivity contribution is 0.518. The number of aryl methyl sites for hydroxylation is 1. The molecule has 2 rings (SSSR count). The molecule has 0 aliphatic heterocycles. The van der Waals surface area contributed by atoms with Gasteiger partial charge in [-0.2, -0.15) is 5.10 Å². The Labute approximate surface area is 125 Å². The van der Waals surface area contributed by atoms with Crippen molar-refractivity contribution in [3.63, 3.8) is 0 Å². The predicted molar refractivity (Wildman–Crippen MR) is 82.9 cm³/mol. The van der Waals surface area contributed by atoms with Gasteiger partial charge in [0.1, 0.15) is 6.33 Å². The maximum Gasteiger partial charge on any atom is 0.190 e. The molecule has 0 aliphatic rings. The molecule has 1 aromatic heterocycles. The summed E-state index contributed by atoms with van der Waals surface area (Å²) in [6.45, 7) is 5.48. The lowest BCUT2D eigenvalue weighted by Crippen LogP contribution is -2.21. The normalized spacial score (nSPS) is 12.6. The van der Waals surface area contributed by atoms with Gasteiger partial charge < -0.3 is 5.32 Å². The van der Waals surface area contributed by atoms with Crippen LogP contribution in [0.4, 0.5) is 0 Å². The smallest absolute Gasteiger partial charge is 0.190 e. The second-order valence-corrected chi connectivity index (χ2v) is 5.79. The van der Waals surface area contributed by atoms with Crippen LogP contribution in [0.25, 0.3) is 0 Å². The third-order valence-electron chi connectivity index (χ3n) is 3.21. The molecule has 0 aliphatic carbocycles. The summed E-state index contributed by atoms with van der Waals surface area (Å²) in [7, 11) is 1.91. The highest BCUT2D eigenvalue weighted by Gasteiger charge is 2.09. The molecule has 1 heterocycles. The lowest BCUT2D eigenvalue weighted by Gasteiger charge is -2.17. The predicted octanol–water partition coefficient (Wildman–Crippen LogP) is 3.42. The van der Waals surface area contributed by atoms with Crippen LogP contribution in [0.15, 0.2) is 40.6 Å². The Balaban J connectivity index is 2.03. The minimum absolute atomic E-state index is 0.448. The van der Waals surface area contributed by atoms with Gasteiger partial charge in [-0.05, 0) is 37.1 Å². The molecule has 0 bridgehead atoms. The van der Waals surface area contributed by atoms with E-state index in [1.54, 1.807) is 22.8 Å². The van der Waals surface area contributed by atoms with Crippen molar-refractivity contribution in [3.8, 4) is 0 Å². The molecule has 2 aromatic rings. The van der Waals surface area contributed by atoms with Crippen LogP contribution in [0.5, 0.6) is 0 Å². The van der Waals surface area contributed by atoms with Gasteiger partial charge in [0, 0.05) is 18.0 Å². The molecule has 1 atom stereocenters. The molecule has 20 heavy (non-hydrogen) atoms. The molecule has 4 nitrogen and oxygen atoms in total. The second kappa shape index (κ2) is 7.45. The molecular weight excluding hydrogens is 268 g/mol. The molecule has 0 saturated heterocycles. The summed E-state index contributed by atoms with van der Waals surface area (Å²) in [6.07, 6.45) is 3.85. The molecule has 1 N–H and O–H groups in total. The first-order chi connectivity index (χ1) is 9.74. The first kappa shape index (κ1) is 15.1. The van der Waals surface area contributed by atoms with Crippen molar-refractivity contribution >= 4 is 11.8 Å². The van der Waals surface area contributed by atoms with Crippen molar-refractivity contribution < 1.29 is 0 Å². The summed E-state index contributed by atoms with van der Waals surface area (Å²) < 4.78 is 1.79. The summed E-state index contributed by atoms with van der Waals surface area (Å²) in [5.74, 6) is 0. The Morgan fingerprint density at radius 2 is 2.00 bits per heavy atom. The minimum Gasteiger partial charge on any atom is -0.310 e. The Morgan fingerprint density at radius 3 is 2.55 bits per heavy atom. The van der Waals surface area contributed by atoms with Crippen molar-refractivity contribution in [1.82, 2.24) is 20.1 Å². The molecule has 0 fully saturated rings. The van der Waals surface area contributed by atoms with E-state index in [1.807, 2.05) is 7.05 Å². The van der Waals surface area contributed by atoms with Crippen LogP contribution >= 0.6 is 11.8 Å². The Hall–Kier alpha value is -1.33. The number of hydrogen-bond donors (Lipinski definition) is 1. The average molecular weight is 290 g/mol. The van der Waals surface area contributed by atoms with Crippen LogP contribution in [0, 0.1) is 0 Å². The van der Waals surface area contributed by atoms with E-state index >= 15 is 0 Å². The summed E-state index contributed by atoms with van der Waals surface area (Å²) >= 11 is 1.64. The number of benzene rings is 1. The highest BCUT2D eigenvalue weighted by atomic mass is 32.2. The SMILES string of the molecule is CCCNC(CC)c1ccc(Sc2ncnn2C)cc1. The van der Waals surface area contributed by atoms with Crippen molar-refractivity contribution in [3.05, 3.63) is 36.2 Å². The Bertz CT molecular complexity index is 521. The van der Waals surface area contributed by atoms with Crippen LogP contribution < -0.4 is 5.32 Å². The van der Waals surface area contributed by atoms with E-state index in [0.29, 0.717) is 6.04 Å². The fourth-order valence-corrected chi connectivity index (χ4v) is 2.83. The largest absolute Gasteiger partial charge is 0.310 e. The van der Waals surface area contributed by atoms with Gasteiger partial charge in [-0.25, -0.2) is 9.67 Å². The van der Waals surface area contributed by atoms with Gasteiger partial charge in [-0.3, -0.25) is 0 Å². The maximum atomic E-state index is 4.23. The van der Waals surface area contributed by atoms with Crippen LogP contribution in [0.2, 0.25) is 0 Å². The molecule has 1 aromatic carbocycles. The van der Waals surface area contributed by atoms with Crippen molar-refractivity contribution in [1.29, 1.82) is 0 Å². The number of hydrogen-bond acceptors (Lipinski definition) is 4. The zero-order valence-corrected chi connectivity index (χ0v) is 13.2. The molecular formula is C15H22N4S. The van der Waals surface area contributed by atoms with E-state index in [1.165, 1.54) is 10.5 Å². The van der Waals surface area contributed by atoms with E-state index < -0.39 is 0 Å². The second-order valence-electron chi connectivity index (χ2n) is 4.75. The Morgan fingerprint density at radius 1 is 1.25 bits per heavy atom. The van der Waals surface area contributed by atoms with Crippen LogP contribution in [-0.2, 0) is 7.05 Å². The topological polar surface area (TPSA) is 42.7 Å². The first-order valence-electron chi connectivity index (χ1n) is 7.09. The molecule has 0 amide bonds. The number of nitrogens with zero attached hydrogens (tertiary/aromatic N) is 3. The summed E-state index contributed by atoms with van der Waals surface area (Å²) in [5.41, 5.74) is 1.35. The number of nitrogens with one attached hydrogen (secondary N) is 1. The minimum atomic E-state index is 0.448. The highest BCUT2D eigenvalue weighted by molar-refractivity contribution is 7.99. The average Bonchev–Trinajstić information content (AvgIpc) is 2.87. The molecule has 0 spiro atoms. The molecule has 0 saturated carbocycles.